The van der Waals surface area contributed by atoms with Crippen LogP contribution in [0.2, 0.25) is 5.02 Å². The summed E-state index contributed by atoms with van der Waals surface area (Å²) < 4.78 is 66.8. The number of amides is 2. The standard InChI is InChI=1S/C21H11ClF4N4O4/c22-15-8-11(1-3-16(15)32-14-5-6-28-13(7-14)10-27)29-19(31)30-12-2-4-17-18(9-12)34-21(25,26)20(23,24)33-17/h1-9H,(H2,29,30,31). The summed E-state index contributed by atoms with van der Waals surface area (Å²) in [5, 5.41) is 13.8. The van der Waals surface area contributed by atoms with Gasteiger partial charge in [-0.25, -0.2) is 9.78 Å². The molecule has 0 fully saturated rings. The number of alkyl halides is 4. The van der Waals surface area contributed by atoms with Crippen LogP contribution in [0.5, 0.6) is 23.0 Å². The smallest absolute Gasteiger partial charge is 0.456 e. The molecule has 1 aromatic heterocycles. The Bertz CT molecular complexity index is 1320. The fourth-order valence-corrected chi connectivity index (χ4v) is 2.98. The van der Waals surface area contributed by atoms with Crippen LogP contribution < -0.4 is 24.8 Å². The Labute approximate surface area is 193 Å². The normalized spacial score (nSPS) is 15.1. The summed E-state index contributed by atoms with van der Waals surface area (Å²) in [7, 11) is 0. The maximum absolute atomic E-state index is 13.4. The van der Waals surface area contributed by atoms with Gasteiger partial charge in [0.2, 0.25) is 0 Å². The third-order valence-electron chi connectivity index (χ3n) is 4.28. The number of halogens is 5. The lowest BCUT2D eigenvalue weighted by atomic mass is 10.2. The van der Waals surface area contributed by atoms with Crippen molar-refractivity contribution < 1.29 is 36.6 Å². The summed E-state index contributed by atoms with van der Waals surface area (Å²) in [4.78, 5) is 16.1. The lowest BCUT2D eigenvalue weighted by molar-refractivity contribution is -0.391. The lowest BCUT2D eigenvalue weighted by Crippen LogP contribution is -2.52. The van der Waals surface area contributed by atoms with E-state index in [1.54, 1.807) is 0 Å². The van der Waals surface area contributed by atoms with Crippen molar-refractivity contribution in [3.05, 3.63) is 65.4 Å². The minimum atomic E-state index is -4.88. The van der Waals surface area contributed by atoms with Gasteiger partial charge in [-0.15, -0.1) is 0 Å². The molecule has 34 heavy (non-hydrogen) atoms. The van der Waals surface area contributed by atoms with E-state index in [4.69, 9.17) is 21.6 Å². The summed E-state index contributed by atoms with van der Waals surface area (Å²) in [6, 6.07) is 11.4. The number of nitriles is 1. The zero-order valence-corrected chi connectivity index (χ0v) is 17.4. The first kappa shape index (κ1) is 22.9. The Hall–Kier alpha value is -4.24. The number of carbonyl (C=O) groups is 1. The molecule has 0 radical (unpaired) electrons. The number of hydrogen-bond donors (Lipinski definition) is 2. The summed E-state index contributed by atoms with van der Waals surface area (Å²) in [6.45, 7) is 0. The van der Waals surface area contributed by atoms with Gasteiger partial charge in [0, 0.05) is 29.7 Å². The Balaban J connectivity index is 1.42. The van der Waals surface area contributed by atoms with Gasteiger partial charge in [-0.1, -0.05) is 11.6 Å². The van der Waals surface area contributed by atoms with Crippen LogP contribution in [-0.4, -0.2) is 23.2 Å². The van der Waals surface area contributed by atoms with Crippen LogP contribution in [0.3, 0.4) is 0 Å². The van der Waals surface area contributed by atoms with E-state index < -0.39 is 29.7 Å². The Morgan fingerprint density at radius 2 is 1.62 bits per heavy atom. The average molecular weight is 495 g/mol. The largest absolute Gasteiger partial charge is 0.507 e. The molecule has 0 saturated heterocycles. The van der Waals surface area contributed by atoms with Crippen LogP contribution in [0.25, 0.3) is 0 Å². The van der Waals surface area contributed by atoms with Gasteiger partial charge < -0.3 is 24.8 Å². The fourth-order valence-electron chi connectivity index (χ4n) is 2.76. The number of rotatable bonds is 4. The second-order valence-electron chi connectivity index (χ2n) is 6.71. The molecule has 8 nitrogen and oxygen atoms in total. The maximum Gasteiger partial charge on any atom is 0.507 e. The van der Waals surface area contributed by atoms with Gasteiger partial charge >= 0.3 is 18.2 Å². The second-order valence-corrected chi connectivity index (χ2v) is 7.12. The van der Waals surface area contributed by atoms with E-state index in [0.717, 1.165) is 18.2 Å². The SMILES string of the molecule is N#Cc1cc(Oc2ccc(NC(=O)Nc3ccc4c(c3)OC(F)(F)C(F)(F)O4)cc2Cl)ccn1. The topological polar surface area (TPSA) is 106 Å². The predicted molar refractivity (Wildman–Crippen MR) is 111 cm³/mol. The first-order valence-electron chi connectivity index (χ1n) is 9.25. The Kier molecular flexibility index (Phi) is 5.80. The lowest BCUT2D eigenvalue weighted by Gasteiger charge is -2.31. The molecule has 0 atom stereocenters. The van der Waals surface area contributed by atoms with E-state index >= 15 is 0 Å². The summed E-state index contributed by atoms with van der Waals surface area (Å²) in [5.41, 5.74) is 0.379. The molecule has 2 N–H and O–H groups in total. The van der Waals surface area contributed by atoms with E-state index in [1.165, 1.54) is 36.5 Å². The van der Waals surface area contributed by atoms with E-state index in [-0.39, 0.29) is 27.8 Å². The third kappa shape index (κ3) is 4.74. The van der Waals surface area contributed by atoms with E-state index in [9.17, 15) is 22.4 Å². The minimum Gasteiger partial charge on any atom is -0.456 e. The monoisotopic (exact) mass is 494 g/mol. The third-order valence-corrected chi connectivity index (χ3v) is 4.58. The van der Waals surface area contributed by atoms with Crippen molar-refractivity contribution in [1.29, 1.82) is 5.26 Å². The first-order valence-corrected chi connectivity index (χ1v) is 9.63. The van der Waals surface area contributed by atoms with Crippen molar-refractivity contribution in [2.75, 3.05) is 10.6 Å². The highest BCUT2D eigenvalue weighted by Gasteiger charge is 2.65. The van der Waals surface area contributed by atoms with E-state index in [1.807, 2.05) is 6.07 Å². The van der Waals surface area contributed by atoms with Crippen LogP contribution in [0, 0.1) is 11.3 Å². The van der Waals surface area contributed by atoms with Crippen molar-refractivity contribution in [1.82, 2.24) is 4.98 Å². The van der Waals surface area contributed by atoms with Crippen LogP contribution in [0.4, 0.5) is 33.7 Å². The molecular formula is C21H11ClF4N4O4. The number of nitrogens with zero attached hydrogens (tertiary/aromatic N) is 2. The molecule has 1 aliphatic heterocycles. The molecule has 0 spiro atoms. The number of aromatic nitrogens is 1. The second kappa shape index (κ2) is 8.60. The molecule has 1 aliphatic rings. The van der Waals surface area contributed by atoms with E-state index in [0.29, 0.717) is 5.75 Å². The molecule has 3 aromatic rings. The van der Waals surface area contributed by atoms with Gasteiger partial charge in [0.15, 0.2) is 11.5 Å². The number of fused-ring (bicyclic) bond motifs is 1. The molecule has 4 rings (SSSR count). The molecule has 0 saturated carbocycles. The number of anilines is 2. The van der Waals surface area contributed by atoms with Crippen LogP contribution in [-0.2, 0) is 0 Å². The van der Waals surface area contributed by atoms with Crippen LogP contribution >= 0.6 is 11.6 Å². The molecule has 2 amide bonds. The molecule has 2 aromatic carbocycles. The molecule has 13 heteroatoms. The summed E-state index contributed by atoms with van der Waals surface area (Å²) in [6.07, 6.45) is -8.32. The maximum atomic E-state index is 13.4. The van der Waals surface area contributed by atoms with Crippen molar-refractivity contribution in [2.45, 2.75) is 12.2 Å². The van der Waals surface area contributed by atoms with Crippen molar-refractivity contribution in [2.24, 2.45) is 0 Å². The van der Waals surface area contributed by atoms with Gasteiger partial charge in [-0.2, -0.15) is 22.8 Å². The van der Waals surface area contributed by atoms with Crippen LogP contribution in [0.15, 0.2) is 54.7 Å². The molecular weight excluding hydrogens is 484 g/mol. The molecule has 2 heterocycles. The minimum absolute atomic E-state index is 0.0297. The number of urea groups is 1. The molecule has 0 aliphatic carbocycles. The van der Waals surface area contributed by atoms with Crippen molar-refractivity contribution in [3.8, 4) is 29.1 Å². The molecule has 0 bridgehead atoms. The molecule has 0 unspecified atom stereocenters. The number of carbonyl (C=O) groups excluding carboxylic acids is 1. The number of benzene rings is 2. The Morgan fingerprint density at radius 1 is 0.971 bits per heavy atom. The average Bonchev–Trinajstić information content (AvgIpc) is 2.76. The van der Waals surface area contributed by atoms with Gasteiger partial charge in [0.05, 0.1) is 5.02 Å². The van der Waals surface area contributed by atoms with Crippen molar-refractivity contribution in [3.63, 3.8) is 0 Å². The zero-order valence-electron chi connectivity index (χ0n) is 16.6. The Morgan fingerprint density at radius 3 is 2.29 bits per heavy atom. The van der Waals surface area contributed by atoms with Gasteiger partial charge in [-0.3, -0.25) is 0 Å². The summed E-state index contributed by atoms with van der Waals surface area (Å²) in [5.74, 6) is -0.713. The van der Waals surface area contributed by atoms with Gasteiger partial charge in [0.1, 0.15) is 23.3 Å². The number of ether oxygens (including phenoxy) is 3. The summed E-state index contributed by atoms with van der Waals surface area (Å²) >= 11 is 6.19. The zero-order chi connectivity index (χ0) is 24.5. The highest BCUT2D eigenvalue weighted by atomic mass is 35.5. The highest BCUT2D eigenvalue weighted by Crippen LogP contribution is 2.47. The number of hydrogen-bond acceptors (Lipinski definition) is 6. The van der Waals surface area contributed by atoms with E-state index in [2.05, 4.69) is 25.1 Å². The number of pyridine rings is 1. The molecule has 174 valence electrons. The van der Waals surface area contributed by atoms with Crippen LogP contribution in [0.1, 0.15) is 5.69 Å². The highest BCUT2D eigenvalue weighted by molar-refractivity contribution is 6.32. The predicted octanol–water partition coefficient (Wildman–Crippen LogP) is 6.00. The van der Waals surface area contributed by atoms with Gasteiger partial charge in [-0.05, 0) is 36.4 Å². The number of nitrogens with one attached hydrogen (secondary N) is 2. The quantitative estimate of drug-likeness (QED) is 0.431. The fraction of sp³-hybridized carbons (Fsp3) is 0.0952. The van der Waals surface area contributed by atoms with Crippen molar-refractivity contribution >= 4 is 29.0 Å². The first-order chi connectivity index (χ1) is 16.1. The van der Waals surface area contributed by atoms with Gasteiger partial charge in [0.25, 0.3) is 0 Å².